The molecule has 1 aromatic carbocycles. The molecule has 8 nitrogen and oxygen atoms in total. The van der Waals surface area contributed by atoms with Crippen LogP contribution in [-0.2, 0) is 24.1 Å². The zero-order valence-corrected chi connectivity index (χ0v) is 17.7. The zero-order valence-electron chi connectivity index (χ0n) is 17.7. The number of nitrogens with zero attached hydrogens (tertiary/aromatic N) is 5. The molecule has 1 aromatic heterocycles. The van der Waals surface area contributed by atoms with Crippen molar-refractivity contribution in [3.63, 3.8) is 0 Å². The quantitative estimate of drug-likeness (QED) is 0.554. The first-order valence-corrected chi connectivity index (χ1v) is 9.96. The molecule has 2 N–H and O–H groups in total. The molecule has 1 atom stereocenters. The number of carbonyl (C=O) groups excluding carboxylic acids is 1. The monoisotopic (exact) mass is 437 g/mol. The van der Waals surface area contributed by atoms with Gasteiger partial charge in [0.25, 0.3) is 0 Å². The Labute approximate surface area is 178 Å². The van der Waals surface area contributed by atoms with Gasteiger partial charge in [0, 0.05) is 20.6 Å². The van der Waals surface area contributed by atoms with Crippen LogP contribution in [0.5, 0.6) is 0 Å². The summed E-state index contributed by atoms with van der Waals surface area (Å²) in [6.07, 6.45) is -2.73. The third-order valence-electron chi connectivity index (χ3n) is 4.87. The van der Waals surface area contributed by atoms with Crippen LogP contribution >= 0.6 is 0 Å². The third kappa shape index (κ3) is 5.96. The summed E-state index contributed by atoms with van der Waals surface area (Å²) in [5.41, 5.74) is -0.307. The third-order valence-corrected chi connectivity index (χ3v) is 4.87. The fraction of sp³-hybridized carbons (Fsp3) is 0.500. The van der Waals surface area contributed by atoms with Crippen molar-refractivity contribution in [3.05, 3.63) is 47.0 Å². The lowest BCUT2D eigenvalue weighted by Gasteiger charge is -2.25. The van der Waals surface area contributed by atoms with E-state index >= 15 is 0 Å². The van der Waals surface area contributed by atoms with Crippen LogP contribution in [0.25, 0.3) is 0 Å². The Morgan fingerprint density at radius 2 is 2.13 bits per heavy atom. The van der Waals surface area contributed by atoms with Crippen molar-refractivity contribution >= 4 is 11.9 Å². The average Bonchev–Trinajstić information content (AvgIpc) is 3.10. The molecule has 0 spiro atoms. The second kappa shape index (κ2) is 9.36. The van der Waals surface area contributed by atoms with E-state index in [0.717, 1.165) is 37.3 Å². The van der Waals surface area contributed by atoms with E-state index in [1.807, 2.05) is 11.6 Å². The Hall–Kier alpha value is -3.11. The molecule has 0 saturated carbocycles. The van der Waals surface area contributed by atoms with Crippen LogP contribution in [0.3, 0.4) is 0 Å². The smallest absolute Gasteiger partial charge is 0.347 e. The highest BCUT2D eigenvalue weighted by Crippen LogP contribution is 2.29. The van der Waals surface area contributed by atoms with Crippen molar-refractivity contribution < 1.29 is 18.0 Å². The lowest BCUT2D eigenvalue weighted by Crippen LogP contribution is -2.45. The number of fused-ring (bicyclic) bond motifs is 1. The van der Waals surface area contributed by atoms with Crippen LogP contribution in [0, 0.1) is 6.92 Å². The number of hydrogen-bond donors (Lipinski definition) is 2. The molecule has 1 amide bonds. The molecule has 31 heavy (non-hydrogen) atoms. The number of likely N-dealkylation sites (N-methyl/N-ethyl adjacent to an activating group) is 1. The minimum atomic E-state index is -4.42. The predicted molar refractivity (Wildman–Crippen MR) is 109 cm³/mol. The summed E-state index contributed by atoms with van der Waals surface area (Å²) in [7, 11) is 3.28. The molecule has 1 unspecified atom stereocenters. The first-order valence-electron chi connectivity index (χ1n) is 9.96. The van der Waals surface area contributed by atoms with Gasteiger partial charge in [-0.25, -0.2) is 14.7 Å². The molecular weight excluding hydrogens is 411 g/mol. The SMILES string of the molecule is Cc1nc2n(n1)CCCC2NC(=NCc1cccc(C(F)(F)F)c1)NCC(=O)N(C)C. The molecule has 2 heterocycles. The van der Waals surface area contributed by atoms with Crippen molar-refractivity contribution in [2.24, 2.45) is 4.99 Å². The zero-order chi connectivity index (χ0) is 22.6. The highest BCUT2D eigenvalue weighted by molar-refractivity contribution is 5.86. The molecule has 3 rings (SSSR count). The van der Waals surface area contributed by atoms with E-state index in [4.69, 9.17) is 0 Å². The summed E-state index contributed by atoms with van der Waals surface area (Å²) in [5, 5.41) is 10.6. The Morgan fingerprint density at radius 1 is 1.35 bits per heavy atom. The number of aryl methyl sites for hydroxylation is 2. The highest BCUT2D eigenvalue weighted by Gasteiger charge is 2.30. The van der Waals surface area contributed by atoms with Gasteiger partial charge in [0.05, 0.1) is 24.7 Å². The van der Waals surface area contributed by atoms with Gasteiger partial charge in [0.15, 0.2) is 5.96 Å². The van der Waals surface area contributed by atoms with E-state index in [1.54, 1.807) is 20.2 Å². The number of rotatable bonds is 5. The van der Waals surface area contributed by atoms with E-state index in [0.29, 0.717) is 17.3 Å². The number of benzene rings is 1. The Balaban J connectivity index is 1.79. The van der Waals surface area contributed by atoms with Gasteiger partial charge in [-0.3, -0.25) is 4.79 Å². The molecule has 1 aliphatic rings. The number of halogens is 3. The summed E-state index contributed by atoms with van der Waals surface area (Å²) in [6, 6.07) is 4.87. The minimum absolute atomic E-state index is 0.000137. The number of nitrogens with one attached hydrogen (secondary N) is 2. The fourth-order valence-corrected chi connectivity index (χ4v) is 3.26. The van der Waals surface area contributed by atoms with Crippen LogP contribution in [0.4, 0.5) is 13.2 Å². The summed E-state index contributed by atoms with van der Waals surface area (Å²) in [4.78, 5) is 22.3. The molecule has 0 bridgehead atoms. The Kier molecular flexibility index (Phi) is 6.81. The van der Waals surface area contributed by atoms with E-state index in [-0.39, 0.29) is 25.0 Å². The van der Waals surface area contributed by atoms with Crippen LogP contribution < -0.4 is 10.6 Å². The van der Waals surface area contributed by atoms with Crippen molar-refractivity contribution in [2.75, 3.05) is 20.6 Å². The molecule has 0 radical (unpaired) electrons. The summed E-state index contributed by atoms with van der Waals surface area (Å²) >= 11 is 0. The van der Waals surface area contributed by atoms with Crippen molar-refractivity contribution in [2.45, 2.75) is 45.1 Å². The van der Waals surface area contributed by atoms with Crippen molar-refractivity contribution in [1.29, 1.82) is 0 Å². The maximum absolute atomic E-state index is 13.0. The largest absolute Gasteiger partial charge is 0.416 e. The van der Waals surface area contributed by atoms with E-state index in [9.17, 15) is 18.0 Å². The Morgan fingerprint density at radius 3 is 2.84 bits per heavy atom. The first-order chi connectivity index (χ1) is 14.6. The number of amides is 1. The highest BCUT2D eigenvalue weighted by atomic mass is 19.4. The number of hydrogen-bond acceptors (Lipinski definition) is 4. The molecule has 1 aliphatic heterocycles. The van der Waals surface area contributed by atoms with Gasteiger partial charge in [-0.1, -0.05) is 12.1 Å². The van der Waals surface area contributed by atoms with Gasteiger partial charge in [-0.15, -0.1) is 0 Å². The molecule has 0 fully saturated rings. The van der Waals surface area contributed by atoms with Crippen LogP contribution in [0.1, 0.15) is 41.7 Å². The summed E-state index contributed by atoms with van der Waals surface area (Å²) in [6.45, 7) is 2.62. The maximum atomic E-state index is 13.0. The predicted octanol–water partition coefficient (Wildman–Crippen LogP) is 2.26. The minimum Gasteiger partial charge on any atom is -0.347 e. The average molecular weight is 437 g/mol. The number of guanidine groups is 1. The van der Waals surface area contributed by atoms with E-state index in [1.165, 1.54) is 11.0 Å². The summed E-state index contributed by atoms with van der Waals surface area (Å²) in [5.74, 6) is 1.61. The normalized spacial score (nSPS) is 16.6. The number of aliphatic imine (C=N–C) groups is 1. The number of aromatic nitrogens is 3. The molecule has 2 aromatic rings. The van der Waals surface area contributed by atoms with Crippen molar-refractivity contribution in [3.8, 4) is 0 Å². The van der Waals surface area contributed by atoms with E-state index in [2.05, 4.69) is 25.7 Å². The molecule has 0 aliphatic carbocycles. The van der Waals surface area contributed by atoms with Gasteiger partial charge >= 0.3 is 6.18 Å². The summed E-state index contributed by atoms with van der Waals surface area (Å²) < 4.78 is 40.8. The van der Waals surface area contributed by atoms with Gasteiger partial charge in [-0.05, 0) is 37.5 Å². The van der Waals surface area contributed by atoms with Crippen LogP contribution in [0.15, 0.2) is 29.3 Å². The topological polar surface area (TPSA) is 87.4 Å². The number of carbonyl (C=O) groups is 1. The second-order valence-corrected chi connectivity index (χ2v) is 7.58. The molecule has 11 heteroatoms. The molecule has 168 valence electrons. The lowest BCUT2D eigenvalue weighted by molar-refractivity contribution is -0.137. The maximum Gasteiger partial charge on any atom is 0.416 e. The van der Waals surface area contributed by atoms with Crippen molar-refractivity contribution in [1.82, 2.24) is 30.3 Å². The first kappa shape index (κ1) is 22.6. The van der Waals surface area contributed by atoms with Crippen LogP contribution in [0.2, 0.25) is 0 Å². The van der Waals surface area contributed by atoms with Crippen LogP contribution in [-0.4, -0.2) is 52.2 Å². The molecule has 0 saturated heterocycles. The van der Waals surface area contributed by atoms with Gasteiger partial charge in [0.2, 0.25) is 5.91 Å². The Bertz CT molecular complexity index is 952. The van der Waals surface area contributed by atoms with Gasteiger partial charge in [0.1, 0.15) is 11.6 Å². The number of alkyl halides is 3. The molecular formula is C20H26F3N7O. The fourth-order valence-electron chi connectivity index (χ4n) is 3.26. The second-order valence-electron chi connectivity index (χ2n) is 7.58. The van der Waals surface area contributed by atoms with Gasteiger partial charge < -0.3 is 15.5 Å². The standard InChI is InChI=1S/C20H26F3N7O/c1-13-26-18-16(8-5-9-30(18)28-13)27-19(25-12-17(31)29(2)3)24-11-14-6-4-7-15(10-14)20(21,22)23/h4,6-7,10,16H,5,8-9,11-12H2,1-3H3,(H2,24,25,27). The lowest BCUT2D eigenvalue weighted by atomic mass is 10.1. The van der Waals surface area contributed by atoms with Gasteiger partial charge in [-0.2, -0.15) is 18.3 Å². The van der Waals surface area contributed by atoms with E-state index < -0.39 is 11.7 Å².